The molecule has 58 heavy (non-hydrogen) atoms. The number of anilines is 8. The van der Waals surface area contributed by atoms with Crippen molar-refractivity contribution in [1.82, 2.24) is 0 Å². The van der Waals surface area contributed by atoms with Crippen molar-refractivity contribution in [2.45, 2.75) is 12.8 Å². The Balaban J connectivity index is 1.25. The summed E-state index contributed by atoms with van der Waals surface area (Å²) < 4.78 is 0. The van der Waals surface area contributed by atoms with Crippen molar-refractivity contribution in [3.63, 3.8) is 0 Å². The molecule has 0 saturated heterocycles. The second kappa shape index (κ2) is 15.7. The molecular weight excluding hydrogens is 701 g/mol. The van der Waals surface area contributed by atoms with Crippen LogP contribution in [0.3, 0.4) is 0 Å². The summed E-state index contributed by atoms with van der Waals surface area (Å²) in [6.45, 7) is 0. The van der Waals surface area contributed by atoms with E-state index in [1.54, 1.807) is 0 Å². The monoisotopic (exact) mass is 742 g/mol. The maximum Gasteiger partial charge on any atom is 0.195 e. The van der Waals surface area contributed by atoms with Gasteiger partial charge in [-0.05, 0) is 120 Å². The summed E-state index contributed by atoms with van der Waals surface area (Å²) in [7, 11) is 2.37. The zero-order valence-corrected chi connectivity index (χ0v) is 32.2. The van der Waals surface area contributed by atoms with E-state index in [9.17, 15) is 0 Å². The van der Waals surface area contributed by atoms with Gasteiger partial charge in [0.25, 0.3) is 0 Å². The van der Waals surface area contributed by atoms with Crippen LogP contribution in [0.5, 0.6) is 0 Å². The second-order valence-corrected chi connectivity index (χ2v) is 14.8. The third-order valence-corrected chi connectivity index (χ3v) is 11.1. The Morgan fingerprint density at radius 1 is 0.483 bits per heavy atom. The van der Waals surface area contributed by atoms with Gasteiger partial charge in [-0.15, -0.1) is 0 Å². The van der Waals surface area contributed by atoms with Gasteiger partial charge in [0.2, 0.25) is 0 Å². The van der Waals surface area contributed by atoms with Gasteiger partial charge in [0.1, 0.15) is 0 Å². The number of hydrogen-bond acceptors (Lipinski definition) is 3. The molecule has 10 rings (SSSR count). The van der Waals surface area contributed by atoms with Gasteiger partial charge in [0, 0.05) is 45.4 Å². The lowest BCUT2D eigenvalue weighted by molar-refractivity contribution is 1.04. The molecule has 1 aliphatic heterocycles. The number of fused-ring (bicyclic) bond motifs is 4. The first-order chi connectivity index (χ1) is 28.8. The molecule has 1 heterocycles. The second-order valence-electron chi connectivity index (χ2n) is 14.8. The first kappa shape index (κ1) is 35.1. The van der Waals surface area contributed by atoms with Crippen molar-refractivity contribution >= 4 is 69.3 Å². The van der Waals surface area contributed by atoms with Gasteiger partial charge < -0.3 is 15.1 Å². The summed E-state index contributed by atoms with van der Waals surface area (Å²) >= 11 is 0. The van der Waals surface area contributed by atoms with Crippen LogP contribution in [0.4, 0.5) is 45.5 Å². The molecule has 275 valence electrons. The summed E-state index contributed by atoms with van der Waals surface area (Å²) in [5.74, 6) is 0. The maximum absolute atomic E-state index is 3.86. The normalized spacial score (nSPS) is 12.8. The quantitative estimate of drug-likeness (QED) is 0.156. The minimum absolute atomic E-state index is 1.03. The van der Waals surface area contributed by atoms with Crippen molar-refractivity contribution in [3.8, 4) is 22.3 Å². The van der Waals surface area contributed by atoms with E-state index >= 15 is 0 Å². The lowest BCUT2D eigenvalue weighted by Gasteiger charge is -2.34. The molecule has 8 aromatic carbocycles. The minimum Gasteiger partial charge on any atom is -0.355 e. The van der Waals surface area contributed by atoms with E-state index in [2.05, 4.69) is 241 Å². The molecule has 0 fully saturated rings. The number of allylic oxidation sites excluding steroid dienone is 4. The molecule has 3 nitrogen and oxygen atoms in total. The highest BCUT2D eigenvalue weighted by atomic mass is 15.2. The van der Waals surface area contributed by atoms with E-state index in [-0.39, 0.29) is 0 Å². The predicted molar refractivity (Wildman–Crippen MR) is 248 cm³/mol. The van der Waals surface area contributed by atoms with Gasteiger partial charge in [0.05, 0.1) is 5.69 Å². The molecule has 0 amide bonds. The van der Waals surface area contributed by atoms with Gasteiger partial charge in [-0.25, -0.2) is 0 Å². The van der Waals surface area contributed by atoms with Crippen LogP contribution in [0, 0.1) is 0 Å². The van der Waals surface area contributed by atoms with Crippen LogP contribution < -0.4 is 26.0 Å². The maximum atomic E-state index is 3.86. The fraction of sp³-hybridized carbons (Fsp3) is 0.0370. The Bertz CT molecular complexity index is 2740. The third-order valence-electron chi connectivity index (χ3n) is 11.1. The zero-order chi connectivity index (χ0) is 38.7. The highest BCUT2D eigenvalue weighted by molar-refractivity contribution is 6.70. The van der Waals surface area contributed by atoms with Gasteiger partial charge in [0.15, 0.2) is 7.28 Å². The van der Waals surface area contributed by atoms with Crippen LogP contribution in [0.1, 0.15) is 18.4 Å². The van der Waals surface area contributed by atoms with Gasteiger partial charge in [-0.3, -0.25) is 0 Å². The number of nitrogens with one attached hydrogen (secondary N) is 1. The predicted octanol–water partition coefficient (Wildman–Crippen LogP) is 13.4. The molecule has 8 aromatic rings. The Morgan fingerprint density at radius 2 is 1.16 bits per heavy atom. The molecule has 0 aromatic heterocycles. The van der Waals surface area contributed by atoms with Crippen molar-refractivity contribution in [1.29, 1.82) is 0 Å². The molecule has 0 spiro atoms. The number of nitrogens with zero attached hydrogens (tertiary/aromatic N) is 2. The van der Waals surface area contributed by atoms with Crippen molar-refractivity contribution < 1.29 is 0 Å². The molecule has 0 unspecified atom stereocenters. The Kier molecular flexibility index (Phi) is 9.50. The molecule has 0 bridgehead atoms. The largest absolute Gasteiger partial charge is 0.355 e. The van der Waals surface area contributed by atoms with Crippen molar-refractivity contribution in [2.24, 2.45) is 0 Å². The SMILES string of the molecule is [B]1c2ccc(N(c3ccccc3)c3ccccc3)cc2-c2c(Nc3ccccc3)cccc2N(c2cccc(C3=CCCC=C3)c2)c2cc(-c3ccccc3)ccc21. The van der Waals surface area contributed by atoms with Crippen molar-refractivity contribution in [3.05, 3.63) is 224 Å². The van der Waals surface area contributed by atoms with E-state index in [4.69, 9.17) is 0 Å². The standard InChI is InChI=1S/C54H41BN3/c1-6-18-39(19-7-1)41-22-16-29-46(36-41)58-52-31-17-30-51(56-43-23-10-3-11-24-43)54(52)48-38-47(57(44-25-12-4-13-26-44)45-27-14-5-15-28-45)33-35-49(48)55-50-34-32-42(37-53(50)58)40-20-8-2-9-21-40/h2-6,8-38,56H,1,7H2. The number of hydrogen-bond donors (Lipinski definition) is 1. The summed E-state index contributed by atoms with van der Waals surface area (Å²) in [4.78, 5) is 4.82. The third kappa shape index (κ3) is 6.90. The molecule has 1 N–H and O–H groups in total. The topological polar surface area (TPSA) is 18.5 Å². The van der Waals surface area contributed by atoms with Crippen LogP contribution in [-0.2, 0) is 0 Å². The summed E-state index contributed by atoms with van der Waals surface area (Å²) in [5.41, 5.74) is 18.0. The highest BCUT2D eigenvalue weighted by Crippen LogP contribution is 2.47. The summed E-state index contributed by atoms with van der Waals surface area (Å²) in [6.07, 6.45) is 9.05. The van der Waals surface area contributed by atoms with Crippen LogP contribution in [0.15, 0.2) is 218 Å². The molecule has 1 radical (unpaired) electrons. The average Bonchev–Trinajstić information content (AvgIpc) is 3.29. The molecule has 4 heteroatoms. The molecule has 2 aliphatic rings. The molecule has 0 atom stereocenters. The first-order valence-electron chi connectivity index (χ1n) is 20.1. The number of benzene rings is 8. The van der Waals surface area contributed by atoms with E-state index in [1.165, 1.54) is 22.3 Å². The first-order valence-corrected chi connectivity index (χ1v) is 20.1. The summed E-state index contributed by atoms with van der Waals surface area (Å²) in [5, 5.41) is 3.86. The van der Waals surface area contributed by atoms with E-state index in [1.807, 2.05) is 0 Å². The molecular formula is C54H41BN3. The fourth-order valence-corrected chi connectivity index (χ4v) is 8.31. The Hall–Kier alpha value is -7.30. The molecule has 1 aliphatic carbocycles. The van der Waals surface area contributed by atoms with E-state index in [0.29, 0.717) is 0 Å². The van der Waals surface area contributed by atoms with Gasteiger partial charge in [-0.1, -0.05) is 150 Å². The fourth-order valence-electron chi connectivity index (χ4n) is 8.31. The van der Waals surface area contributed by atoms with Crippen LogP contribution in [0.25, 0.3) is 27.8 Å². The van der Waals surface area contributed by atoms with E-state index in [0.717, 1.165) is 80.4 Å². The van der Waals surface area contributed by atoms with E-state index < -0.39 is 0 Å². The Morgan fingerprint density at radius 3 is 1.88 bits per heavy atom. The number of para-hydroxylation sites is 3. The lowest BCUT2D eigenvalue weighted by Crippen LogP contribution is -2.35. The van der Waals surface area contributed by atoms with Crippen LogP contribution in [0.2, 0.25) is 0 Å². The van der Waals surface area contributed by atoms with Crippen LogP contribution >= 0.6 is 0 Å². The highest BCUT2D eigenvalue weighted by Gasteiger charge is 2.28. The minimum atomic E-state index is 1.03. The van der Waals surface area contributed by atoms with Gasteiger partial charge >= 0.3 is 0 Å². The van der Waals surface area contributed by atoms with Crippen molar-refractivity contribution in [2.75, 3.05) is 15.1 Å². The zero-order valence-electron chi connectivity index (χ0n) is 32.2. The Labute approximate surface area is 342 Å². The smallest absolute Gasteiger partial charge is 0.195 e. The van der Waals surface area contributed by atoms with Gasteiger partial charge in [-0.2, -0.15) is 0 Å². The summed E-state index contributed by atoms with van der Waals surface area (Å²) in [6, 6.07) is 72.0. The lowest BCUT2D eigenvalue weighted by atomic mass is 9.60. The average molecular weight is 743 g/mol. The van der Waals surface area contributed by atoms with Crippen LogP contribution in [-0.4, -0.2) is 7.28 Å². The number of rotatable bonds is 8. The molecule has 0 saturated carbocycles.